The first kappa shape index (κ1) is 18.5. The lowest BCUT2D eigenvalue weighted by Gasteiger charge is -2.10. The number of nitrogens with one attached hydrogen (secondary N) is 3. The third-order valence-electron chi connectivity index (χ3n) is 3.72. The highest BCUT2D eigenvalue weighted by Gasteiger charge is 2.06. The van der Waals surface area contributed by atoms with Crippen LogP contribution in [-0.2, 0) is 4.79 Å². The first-order chi connectivity index (χ1) is 13.1. The van der Waals surface area contributed by atoms with Crippen LogP contribution in [0.15, 0.2) is 78.9 Å². The third-order valence-corrected chi connectivity index (χ3v) is 3.95. The second-order valence-electron chi connectivity index (χ2n) is 5.81. The van der Waals surface area contributed by atoms with Crippen molar-refractivity contribution in [1.29, 1.82) is 0 Å². The number of carbonyl (C=O) groups excluding carboxylic acids is 2. The number of benzene rings is 3. The van der Waals surface area contributed by atoms with Crippen LogP contribution in [0.2, 0.25) is 5.02 Å². The van der Waals surface area contributed by atoms with Gasteiger partial charge in [0.15, 0.2) is 0 Å². The summed E-state index contributed by atoms with van der Waals surface area (Å²) in [4.78, 5) is 24.3. The fraction of sp³-hybridized carbons (Fsp3) is 0.0476. The molecule has 0 saturated carbocycles. The SMILES string of the molecule is O=C(CNc1cccc(NC(=O)c2ccccc2)c1)Nc1cccc(Cl)c1. The van der Waals surface area contributed by atoms with Crippen molar-refractivity contribution in [2.24, 2.45) is 0 Å². The summed E-state index contributed by atoms with van der Waals surface area (Å²) >= 11 is 5.90. The maximum atomic E-state index is 12.2. The summed E-state index contributed by atoms with van der Waals surface area (Å²) in [6.45, 7) is 0.0859. The van der Waals surface area contributed by atoms with Crippen LogP contribution < -0.4 is 16.0 Å². The van der Waals surface area contributed by atoms with E-state index in [0.717, 1.165) is 5.69 Å². The van der Waals surface area contributed by atoms with Crippen molar-refractivity contribution in [3.63, 3.8) is 0 Å². The first-order valence-electron chi connectivity index (χ1n) is 8.36. The van der Waals surface area contributed by atoms with Crippen molar-refractivity contribution in [3.05, 3.63) is 89.4 Å². The lowest BCUT2D eigenvalue weighted by atomic mass is 10.2. The topological polar surface area (TPSA) is 70.2 Å². The zero-order valence-electron chi connectivity index (χ0n) is 14.4. The highest BCUT2D eigenvalue weighted by atomic mass is 35.5. The molecule has 3 aromatic carbocycles. The summed E-state index contributed by atoms with van der Waals surface area (Å²) in [5.41, 5.74) is 2.58. The molecule has 27 heavy (non-hydrogen) atoms. The highest BCUT2D eigenvalue weighted by Crippen LogP contribution is 2.17. The van der Waals surface area contributed by atoms with Crippen LogP contribution in [0.1, 0.15) is 10.4 Å². The van der Waals surface area contributed by atoms with E-state index in [-0.39, 0.29) is 18.4 Å². The Balaban J connectivity index is 1.56. The molecular weight excluding hydrogens is 362 g/mol. The predicted molar refractivity (Wildman–Crippen MR) is 109 cm³/mol. The summed E-state index contributed by atoms with van der Waals surface area (Å²) in [6.07, 6.45) is 0. The molecule has 0 spiro atoms. The molecule has 5 nitrogen and oxygen atoms in total. The normalized spacial score (nSPS) is 10.1. The number of hydrogen-bond acceptors (Lipinski definition) is 3. The van der Waals surface area contributed by atoms with Gasteiger partial charge >= 0.3 is 0 Å². The Kier molecular flexibility index (Phi) is 6.07. The molecule has 0 radical (unpaired) electrons. The molecule has 3 rings (SSSR count). The molecule has 3 N–H and O–H groups in total. The molecule has 0 saturated heterocycles. The minimum absolute atomic E-state index is 0.0859. The molecule has 0 aliphatic carbocycles. The monoisotopic (exact) mass is 379 g/mol. The van der Waals surface area contributed by atoms with Crippen LogP contribution in [0.25, 0.3) is 0 Å². The molecule has 0 unspecified atom stereocenters. The molecule has 0 aliphatic rings. The maximum absolute atomic E-state index is 12.2. The van der Waals surface area contributed by atoms with E-state index in [1.54, 1.807) is 54.6 Å². The van der Waals surface area contributed by atoms with Gasteiger partial charge < -0.3 is 16.0 Å². The van der Waals surface area contributed by atoms with Crippen LogP contribution in [0.3, 0.4) is 0 Å². The van der Waals surface area contributed by atoms with Crippen LogP contribution in [0.4, 0.5) is 17.1 Å². The van der Waals surface area contributed by atoms with Crippen molar-refractivity contribution >= 4 is 40.5 Å². The van der Waals surface area contributed by atoms with Gasteiger partial charge in [0, 0.05) is 27.6 Å². The maximum Gasteiger partial charge on any atom is 0.255 e. The quantitative estimate of drug-likeness (QED) is 0.584. The Morgan fingerprint density at radius 3 is 2.15 bits per heavy atom. The molecule has 0 bridgehead atoms. The lowest BCUT2D eigenvalue weighted by Crippen LogP contribution is -2.21. The van der Waals surface area contributed by atoms with Gasteiger partial charge in [0.2, 0.25) is 5.91 Å². The molecule has 0 atom stereocenters. The Bertz CT molecular complexity index is 945. The summed E-state index contributed by atoms with van der Waals surface area (Å²) < 4.78 is 0. The number of halogens is 1. The van der Waals surface area contributed by atoms with E-state index in [4.69, 9.17) is 11.6 Å². The van der Waals surface area contributed by atoms with Gasteiger partial charge in [0.1, 0.15) is 0 Å². The van der Waals surface area contributed by atoms with E-state index in [1.165, 1.54) is 0 Å². The smallest absolute Gasteiger partial charge is 0.255 e. The molecule has 136 valence electrons. The number of carbonyl (C=O) groups is 2. The molecule has 0 aliphatic heterocycles. The minimum Gasteiger partial charge on any atom is -0.376 e. The van der Waals surface area contributed by atoms with E-state index < -0.39 is 0 Å². The van der Waals surface area contributed by atoms with Gasteiger partial charge in [-0.2, -0.15) is 0 Å². The van der Waals surface area contributed by atoms with Gasteiger partial charge in [-0.1, -0.05) is 41.9 Å². The van der Waals surface area contributed by atoms with Gasteiger partial charge in [-0.05, 0) is 48.5 Å². The zero-order chi connectivity index (χ0) is 19.1. The standard InChI is InChI=1S/C21H18ClN3O2/c22-16-8-4-10-18(12-16)24-20(26)14-23-17-9-5-11-19(13-17)25-21(27)15-6-2-1-3-7-15/h1-13,23H,14H2,(H,24,26)(H,25,27). The van der Waals surface area contributed by atoms with E-state index >= 15 is 0 Å². The van der Waals surface area contributed by atoms with Crippen LogP contribution in [-0.4, -0.2) is 18.4 Å². The molecule has 6 heteroatoms. The molecule has 0 fully saturated rings. The first-order valence-corrected chi connectivity index (χ1v) is 8.74. The zero-order valence-corrected chi connectivity index (χ0v) is 15.2. The lowest BCUT2D eigenvalue weighted by molar-refractivity contribution is -0.114. The summed E-state index contributed by atoms with van der Waals surface area (Å²) in [7, 11) is 0. The fourth-order valence-corrected chi connectivity index (χ4v) is 2.64. The number of hydrogen-bond donors (Lipinski definition) is 3. The second kappa shape index (κ2) is 8.87. The van der Waals surface area contributed by atoms with Crippen LogP contribution >= 0.6 is 11.6 Å². The summed E-state index contributed by atoms with van der Waals surface area (Å²) in [5.74, 6) is -0.387. The van der Waals surface area contributed by atoms with E-state index in [9.17, 15) is 9.59 Å². The number of amides is 2. The molecule has 0 heterocycles. The predicted octanol–water partition coefficient (Wildman–Crippen LogP) is 4.64. The van der Waals surface area contributed by atoms with Gasteiger partial charge in [-0.15, -0.1) is 0 Å². The van der Waals surface area contributed by atoms with E-state index in [1.807, 2.05) is 24.3 Å². The number of rotatable bonds is 6. The average molecular weight is 380 g/mol. The Morgan fingerprint density at radius 2 is 1.41 bits per heavy atom. The van der Waals surface area contributed by atoms with Crippen molar-refractivity contribution in [2.75, 3.05) is 22.5 Å². The van der Waals surface area contributed by atoms with Crippen molar-refractivity contribution < 1.29 is 9.59 Å². The van der Waals surface area contributed by atoms with Crippen molar-refractivity contribution in [2.45, 2.75) is 0 Å². The fourth-order valence-electron chi connectivity index (χ4n) is 2.45. The van der Waals surface area contributed by atoms with Crippen molar-refractivity contribution in [3.8, 4) is 0 Å². The third kappa shape index (κ3) is 5.59. The van der Waals surface area contributed by atoms with Crippen LogP contribution in [0, 0.1) is 0 Å². The molecule has 0 aromatic heterocycles. The van der Waals surface area contributed by atoms with Crippen molar-refractivity contribution in [1.82, 2.24) is 0 Å². The number of anilines is 3. The van der Waals surface area contributed by atoms with Gasteiger partial charge in [0.25, 0.3) is 5.91 Å². The Morgan fingerprint density at radius 1 is 0.741 bits per heavy atom. The Labute approximate surface area is 162 Å². The summed E-state index contributed by atoms with van der Waals surface area (Å²) in [5, 5.41) is 9.20. The Hall–Kier alpha value is -3.31. The minimum atomic E-state index is -0.198. The van der Waals surface area contributed by atoms with Crippen LogP contribution in [0.5, 0.6) is 0 Å². The van der Waals surface area contributed by atoms with Gasteiger partial charge in [0.05, 0.1) is 6.54 Å². The van der Waals surface area contributed by atoms with Gasteiger partial charge in [-0.25, -0.2) is 0 Å². The molecule has 3 aromatic rings. The van der Waals surface area contributed by atoms with Gasteiger partial charge in [-0.3, -0.25) is 9.59 Å². The van der Waals surface area contributed by atoms with E-state index in [0.29, 0.717) is 22.0 Å². The van der Waals surface area contributed by atoms with E-state index in [2.05, 4.69) is 16.0 Å². The molecule has 2 amide bonds. The highest BCUT2D eigenvalue weighted by molar-refractivity contribution is 6.30. The second-order valence-corrected chi connectivity index (χ2v) is 6.25. The average Bonchev–Trinajstić information content (AvgIpc) is 2.67. The molecular formula is C21H18ClN3O2. The summed E-state index contributed by atoms with van der Waals surface area (Å²) in [6, 6.07) is 23.1. The largest absolute Gasteiger partial charge is 0.376 e.